The third-order valence-corrected chi connectivity index (χ3v) is 4.48. The van der Waals surface area contributed by atoms with Crippen LogP contribution in [0.4, 0.5) is 0 Å². The van der Waals surface area contributed by atoms with Crippen molar-refractivity contribution in [3.63, 3.8) is 0 Å². The van der Waals surface area contributed by atoms with Crippen molar-refractivity contribution in [2.24, 2.45) is 0 Å². The van der Waals surface area contributed by atoms with E-state index in [0.29, 0.717) is 0 Å². The summed E-state index contributed by atoms with van der Waals surface area (Å²) in [6, 6.07) is 10.0. The molecule has 2 nitrogen and oxygen atoms in total. The van der Waals surface area contributed by atoms with Gasteiger partial charge in [-0.3, -0.25) is 4.79 Å². The molecule has 0 aliphatic rings. The lowest BCUT2D eigenvalue weighted by Crippen LogP contribution is -2.26. The fourth-order valence-corrected chi connectivity index (χ4v) is 3.25. The first-order valence-electron chi connectivity index (χ1n) is 6.24. The minimum absolute atomic E-state index is 0.00296. The molecule has 1 amide bonds. The van der Waals surface area contributed by atoms with E-state index < -0.39 is 0 Å². The summed E-state index contributed by atoms with van der Waals surface area (Å²) in [5.41, 5.74) is 2.21. The summed E-state index contributed by atoms with van der Waals surface area (Å²) in [5, 5.41) is 5.02. The first kappa shape index (κ1) is 14.3. The molecule has 0 saturated heterocycles. The van der Waals surface area contributed by atoms with Gasteiger partial charge in [0.05, 0.1) is 10.9 Å². The summed E-state index contributed by atoms with van der Waals surface area (Å²) in [7, 11) is 0. The van der Waals surface area contributed by atoms with Crippen molar-refractivity contribution in [1.29, 1.82) is 0 Å². The van der Waals surface area contributed by atoms with Crippen LogP contribution in [0.3, 0.4) is 0 Å². The van der Waals surface area contributed by atoms with Gasteiger partial charge in [-0.1, -0.05) is 35.0 Å². The molecule has 2 aromatic rings. The largest absolute Gasteiger partial charge is 0.345 e. The van der Waals surface area contributed by atoms with Crippen LogP contribution in [0.2, 0.25) is 0 Å². The summed E-state index contributed by atoms with van der Waals surface area (Å²) in [6.45, 7) is 4.06. The Balaban J connectivity index is 2.11. The number of amides is 1. The van der Waals surface area contributed by atoms with Crippen LogP contribution in [0.5, 0.6) is 0 Å². The van der Waals surface area contributed by atoms with E-state index in [2.05, 4.69) is 28.2 Å². The highest BCUT2D eigenvalue weighted by atomic mass is 79.9. The fraction of sp³-hybridized carbons (Fsp3) is 0.267. The Kier molecular flexibility index (Phi) is 4.77. The molecule has 4 heteroatoms. The lowest BCUT2D eigenvalue weighted by atomic mass is 10.1. The van der Waals surface area contributed by atoms with E-state index >= 15 is 0 Å². The molecule has 1 unspecified atom stereocenters. The Labute approximate surface area is 126 Å². The molecule has 0 radical (unpaired) electrons. The number of halogens is 1. The lowest BCUT2D eigenvalue weighted by molar-refractivity contribution is 0.0943. The molecule has 0 spiro atoms. The van der Waals surface area contributed by atoms with Gasteiger partial charge in [0.1, 0.15) is 0 Å². The van der Waals surface area contributed by atoms with Crippen LogP contribution in [0, 0.1) is 0 Å². The molecule has 1 atom stereocenters. The van der Waals surface area contributed by atoms with E-state index in [9.17, 15) is 4.79 Å². The second-order valence-electron chi connectivity index (χ2n) is 4.38. The van der Waals surface area contributed by atoms with E-state index in [-0.39, 0.29) is 11.9 Å². The molecular weight excluding hydrogens is 322 g/mol. The van der Waals surface area contributed by atoms with E-state index in [0.717, 1.165) is 26.9 Å². The van der Waals surface area contributed by atoms with Crippen molar-refractivity contribution < 1.29 is 4.79 Å². The van der Waals surface area contributed by atoms with Gasteiger partial charge in [-0.2, -0.15) is 0 Å². The standard InChI is InChI=1S/C15H16BrNOS/c1-3-11-7-8-19-14(11)15(18)17-10(2)12-5-4-6-13(16)9-12/h4-10H,3H2,1-2H3,(H,17,18). The second kappa shape index (κ2) is 6.35. The maximum atomic E-state index is 12.2. The minimum Gasteiger partial charge on any atom is -0.345 e. The maximum Gasteiger partial charge on any atom is 0.262 e. The van der Waals surface area contributed by atoms with Crippen molar-refractivity contribution in [3.8, 4) is 0 Å². The SMILES string of the molecule is CCc1ccsc1C(=O)NC(C)c1cccc(Br)c1. The van der Waals surface area contributed by atoms with Crippen molar-refractivity contribution >= 4 is 33.2 Å². The van der Waals surface area contributed by atoms with Crippen LogP contribution in [0.1, 0.15) is 40.7 Å². The van der Waals surface area contributed by atoms with E-state index in [4.69, 9.17) is 0 Å². The summed E-state index contributed by atoms with van der Waals surface area (Å²) in [5.74, 6) is 0.0133. The first-order valence-corrected chi connectivity index (χ1v) is 7.91. The van der Waals surface area contributed by atoms with Crippen molar-refractivity contribution in [2.75, 3.05) is 0 Å². The number of aryl methyl sites for hydroxylation is 1. The number of nitrogens with one attached hydrogen (secondary N) is 1. The molecule has 2 rings (SSSR count). The molecule has 1 aromatic carbocycles. The molecular formula is C15H16BrNOS. The molecule has 100 valence electrons. The quantitative estimate of drug-likeness (QED) is 0.870. The molecule has 0 aliphatic carbocycles. The zero-order chi connectivity index (χ0) is 13.8. The highest BCUT2D eigenvalue weighted by Gasteiger charge is 2.15. The van der Waals surface area contributed by atoms with E-state index in [1.54, 1.807) is 0 Å². The Morgan fingerprint density at radius 3 is 2.89 bits per heavy atom. The normalized spacial score (nSPS) is 12.2. The Hall–Kier alpha value is -1.13. The van der Waals surface area contributed by atoms with Gasteiger partial charge in [0.25, 0.3) is 5.91 Å². The third-order valence-electron chi connectivity index (χ3n) is 3.03. The van der Waals surface area contributed by atoms with Crippen LogP contribution in [0.25, 0.3) is 0 Å². The predicted octanol–water partition coefficient (Wildman–Crippen LogP) is 4.56. The van der Waals surface area contributed by atoms with Crippen LogP contribution < -0.4 is 5.32 Å². The van der Waals surface area contributed by atoms with Crippen molar-refractivity contribution in [3.05, 3.63) is 56.2 Å². The Bertz CT molecular complexity index is 579. The van der Waals surface area contributed by atoms with E-state index in [1.165, 1.54) is 11.3 Å². The van der Waals surface area contributed by atoms with Crippen LogP contribution >= 0.6 is 27.3 Å². The van der Waals surface area contributed by atoms with Gasteiger partial charge in [-0.25, -0.2) is 0 Å². The third kappa shape index (κ3) is 3.45. The summed E-state index contributed by atoms with van der Waals surface area (Å²) >= 11 is 4.95. The van der Waals surface area contributed by atoms with E-state index in [1.807, 2.05) is 42.6 Å². The average molecular weight is 338 g/mol. The maximum absolute atomic E-state index is 12.2. The Morgan fingerprint density at radius 1 is 1.42 bits per heavy atom. The van der Waals surface area contributed by atoms with Gasteiger partial charge in [0.15, 0.2) is 0 Å². The van der Waals surface area contributed by atoms with Crippen LogP contribution in [-0.4, -0.2) is 5.91 Å². The second-order valence-corrected chi connectivity index (χ2v) is 6.21. The molecule has 1 N–H and O–H groups in total. The Morgan fingerprint density at radius 2 is 2.21 bits per heavy atom. The zero-order valence-corrected chi connectivity index (χ0v) is 13.3. The highest BCUT2D eigenvalue weighted by molar-refractivity contribution is 9.10. The zero-order valence-electron chi connectivity index (χ0n) is 10.9. The molecule has 1 aromatic heterocycles. The predicted molar refractivity (Wildman–Crippen MR) is 83.7 cm³/mol. The highest BCUT2D eigenvalue weighted by Crippen LogP contribution is 2.21. The number of thiophene rings is 1. The molecule has 0 bridgehead atoms. The van der Waals surface area contributed by atoms with Crippen LogP contribution in [0.15, 0.2) is 40.2 Å². The monoisotopic (exact) mass is 337 g/mol. The number of rotatable bonds is 4. The number of carbonyl (C=O) groups is 1. The summed E-state index contributed by atoms with van der Waals surface area (Å²) < 4.78 is 1.02. The number of hydrogen-bond acceptors (Lipinski definition) is 2. The van der Waals surface area contributed by atoms with Gasteiger partial charge in [0, 0.05) is 4.47 Å². The topological polar surface area (TPSA) is 29.1 Å². The smallest absolute Gasteiger partial charge is 0.262 e. The van der Waals surface area contributed by atoms with Crippen LogP contribution in [-0.2, 0) is 6.42 Å². The minimum atomic E-state index is -0.00296. The van der Waals surface area contributed by atoms with Crippen molar-refractivity contribution in [2.45, 2.75) is 26.3 Å². The average Bonchev–Trinajstić information content (AvgIpc) is 2.87. The van der Waals surface area contributed by atoms with Gasteiger partial charge in [0.2, 0.25) is 0 Å². The van der Waals surface area contributed by atoms with Gasteiger partial charge < -0.3 is 5.32 Å². The fourth-order valence-electron chi connectivity index (χ4n) is 1.93. The van der Waals surface area contributed by atoms with Gasteiger partial charge >= 0.3 is 0 Å². The molecule has 0 saturated carbocycles. The molecule has 0 aliphatic heterocycles. The molecule has 1 heterocycles. The number of hydrogen-bond donors (Lipinski definition) is 1. The number of carbonyl (C=O) groups excluding carboxylic acids is 1. The lowest BCUT2D eigenvalue weighted by Gasteiger charge is -2.14. The molecule has 0 fully saturated rings. The summed E-state index contributed by atoms with van der Waals surface area (Å²) in [4.78, 5) is 13.1. The number of benzene rings is 1. The van der Waals surface area contributed by atoms with Gasteiger partial charge in [-0.15, -0.1) is 11.3 Å². The summed E-state index contributed by atoms with van der Waals surface area (Å²) in [6.07, 6.45) is 0.886. The molecule has 19 heavy (non-hydrogen) atoms. The van der Waals surface area contributed by atoms with Crippen molar-refractivity contribution in [1.82, 2.24) is 5.32 Å². The first-order chi connectivity index (χ1) is 9.11. The van der Waals surface area contributed by atoms with Gasteiger partial charge in [-0.05, 0) is 48.1 Å².